The maximum absolute atomic E-state index is 2.58. The lowest BCUT2D eigenvalue weighted by atomic mass is 9.74. The molecule has 0 aliphatic carbocycles. The van der Waals surface area contributed by atoms with Crippen molar-refractivity contribution in [2.45, 2.75) is 38.9 Å². The molecule has 2 aliphatic rings. The van der Waals surface area contributed by atoms with Gasteiger partial charge in [0.05, 0.1) is 0 Å². The van der Waals surface area contributed by atoms with Gasteiger partial charge in [-0.25, -0.2) is 0 Å². The first-order chi connectivity index (χ1) is 7.34. The molecule has 0 aromatic carbocycles. The SMILES string of the molecule is CC(C)(C)[Si](C)(C)N1C=CN2C=CC=CB21. The third kappa shape index (κ3) is 1.65. The van der Waals surface area contributed by atoms with Gasteiger partial charge in [0.15, 0.2) is 0 Å². The Morgan fingerprint density at radius 3 is 2.31 bits per heavy atom. The van der Waals surface area contributed by atoms with Crippen molar-refractivity contribution in [3.63, 3.8) is 0 Å². The highest BCUT2D eigenvalue weighted by molar-refractivity contribution is 6.87. The fourth-order valence-electron chi connectivity index (χ4n) is 2.02. The third-order valence-corrected chi connectivity index (χ3v) is 9.50. The third-order valence-electron chi connectivity index (χ3n) is 4.12. The van der Waals surface area contributed by atoms with Gasteiger partial charge in [0, 0.05) is 6.20 Å². The molecule has 0 saturated carbocycles. The van der Waals surface area contributed by atoms with Crippen LogP contribution >= 0.6 is 0 Å². The first-order valence-electron chi connectivity index (χ1n) is 5.93. The zero-order chi connectivity index (χ0) is 12.0. The van der Waals surface area contributed by atoms with Gasteiger partial charge in [-0.3, -0.25) is 0 Å². The van der Waals surface area contributed by atoms with Gasteiger partial charge in [0.25, 0.3) is 0 Å². The van der Waals surface area contributed by atoms with E-state index in [-0.39, 0.29) is 0 Å². The fourth-order valence-corrected chi connectivity index (χ4v) is 4.11. The van der Waals surface area contributed by atoms with Gasteiger partial charge in [0.2, 0.25) is 0 Å². The predicted molar refractivity (Wildman–Crippen MR) is 74.0 cm³/mol. The number of allylic oxidation sites excluding steroid dienone is 2. The molecule has 0 saturated heterocycles. The Morgan fingerprint density at radius 1 is 1.00 bits per heavy atom. The average molecular weight is 232 g/mol. The Morgan fingerprint density at radius 2 is 1.69 bits per heavy atom. The van der Waals surface area contributed by atoms with Crippen LogP contribution in [-0.4, -0.2) is 24.5 Å². The monoisotopic (exact) mass is 232 g/mol. The van der Waals surface area contributed by atoms with Gasteiger partial charge in [-0.15, -0.1) is 0 Å². The summed E-state index contributed by atoms with van der Waals surface area (Å²) in [5.41, 5.74) is 0. The van der Waals surface area contributed by atoms with E-state index in [1.807, 2.05) is 0 Å². The second-order valence-electron chi connectivity index (χ2n) is 6.10. The summed E-state index contributed by atoms with van der Waals surface area (Å²) in [6, 6.07) is 0. The molecule has 4 heteroatoms. The Labute approximate surface area is 101 Å². The highest BCUT2D eigenvalue weighted by atomic mass is 28.3. The van der Waals surface area contributed by atoms with Crippen LogP contribution in [-0.2, 0) is 0 Å². The fraction of sp³-hybridized carbons (Fsp3) is 0.500. The summed E-state index contributed by atoms with van der Waals surface area (Å²) in [6.45, 7) is 12.4. The van der Waals surface area contributed by atoms with Crippen LogP contribution in [0.15, 0.2) is 36.7 Å². The van der Waals surface area contributed by atoms with Crippen LogP contribution in [0.4, 0.5) is 0 Å². The van der Waals surface area contributed by atoms with Crippen LogP contribution in [0.2, 0.25) is 18.1 Å². The van der Waals surface area contributed by atoms with E-state index in [2.05, 4.69) is 79.9 Å². The summed E-state index contributed by atoms with van der Waals surface area (Å²) in [5.74, 6) is 2.28. The number of hydrogen-bond acceptors (Lipinski definition) is 2. The molecular formula is C12H21BN2Si. The van der Waals surface area contributed by atoms with E-state index >= 15 is 0 Å². The molecule has 16 heavy (non-hydrogen) atoms. The van der Waals surface area contributed by atoms with Crippen molar-refractivity contribution in [2.24, 2.45) is 0 Å². The average Bonchev–Trinajstić information content (AvgIpc) is 2.59. The van der Waals surface area contributed by atoms with E-state index in [0.717, 1.165) is 0 Å². The van der Waals surface area contributed by atoms with Gasteiger partial charge < -0.3 is 9.29 Å². The van der Waals surface area contributed by atoms with Crippen LogP contribution in [0.3, 0.4) is 0 Å². The topological polar surface area (TPSA) is 6.48 Å². The van der Waals surface area contributed by atoms with Crippen molar-refractivity contribution in [2.75, 3.05) is 0 Å². The molecule has 0 fully saturated rings. The summed E-state index contributed by atoms with van der Waals surface area (Å²) < 4.78 is 2.58. The van der Waals surface area contributed by atoms with Gasteiger partial charge in [0.1, 0.15) is 8.24 Å². The Balaban J connectivity index is 2.27. The van der Waals surface area contributed by atoms with E-state index in [1.165, 1.54) is 0 Å². The van der Waals surface area contributed by atoms with Crippen molar-refractivity contribution in [1.29, 1.82) is 0 Å². The van der Waals surface area contributed by atoms with Crippen molar-refractivity contribution in [3.05, 3.63) is 36.7 Å². The number of rotatable bonds is 1. The van der Waals surface area contributed by atoms with Gasteiger partial charge in [-0.2, -0.15) is 0 Å². The second kappa shape index (κ2) is 3.55. The zero-order valence-corrected chi connectivity index (χ0v) is 11.9. The van der Waals surface area contributed by atoms with E-state index in [0.29, 0.717) is 12.0 Å². The normalized spacial score (nSPS) is 19.7. The lowest BCUT2D eigenvalue weighted by Crippen LogP contribution is -2.59. The van der Waals surface area contributed by atoms with Crippen LogP contribution in [0.5, 0.6) is 0 Å². The van der Waals surface area contributed by atoms with Crippen molar-refractivity contribution in [1.82, 2.24) is 9.29 Å². The standard InChI is InChI=1S/C12H21BN2Si/c1-12(2,3)16(4,5)15-11-10-14-9-7-6-8-13(14)15/h6-11H,1-5H3. The van der Waals surface area contributed by atoms with Gasteiger partial charge in [-0.1, -0.05) is 45.9 Å². The quantitative estimate of drug-likeness (QED) is 0.640. The zero-order valence-electron chi connectivity index (χ0n) is 10.9. The number of fused-ring (bicyclic) bond motifs is 1. The minimum absolute atomic E-state index is 0.377. The summed E-state index contributed by atoms with van der Waals surface area (Å²) in [6.07, 6.45) is 10.8. The molecule has 86 valence electrons. The summed E-state index contributed by atoms with van der Waals surface area (Å²) in [5, 5.41) is 0.377. The lowest BCUT2D eigenvalue weighted by Gasteiger charge is -2.46. The Kier molecular flexibility index (Phi) is 2.57. The largest absolute Gasteiger partial charge is 0.424 e. The lowest BCUT2D eigenvalue weighted by molar-refractivity contribution is 0.646. The summed E-state index contributed by atoms with van der Waals surface area (Å²) in [7, 11) is -1.46. The molecule has 0 atom stereocenters. The van der Waals surface area contributed by atoms with Crippen molar-refractivity contribution < 1.29 is 0 Å². The Bertz CT molecular complexity index is 366. The molecule has 0 spiro atoms. The second-order valence-corrected chi connectivity index (χ2v) is 11.2. The molecule has 2 nitrogen and oxygen atoms in total. The first kappa shape index (κ1) is 11.6. The van der Waals surface area contributed by atoms with E-state index < -0.39 is 8.24 Å². The highest BCUT2D eigenvalue weighted by Gasteiger charge is 2.46. The first-order valence-corrected chi connectivity index (χ1v) is 8.88. The number of hydrogen-bond donors (Lipinski definition) is 0. The summed E-state index contributed by atoms with van der Waals surface area (Å²) >= 11 is 0. The van der Waals surface area contributed by atoms with Crippen LogP contribution in [0.1, 0.15) is 20.8 Å². The highest BCUT2D eigenvalue weighted by Crippen LogP contribution is 2.40. The minimum atomic E-state index is -1.46. The van der Waals surface area contributed by atoms with E-state index in [1.54, 1.807) is 0 Å². The van der Waals surface area contributed by atoms with Gasteiger partial charge >= 0.3 is 6.98 Å². The molecule has 0 amide bonds. The van der Waals surface area contributed by atoms with Crippen LogP contribution in [0.25, 0.3) is 0 Å². The van der Waals surface area contributed by atoms with Crippen molar-refractivity contribution >= 4 is 15.2 Å². The minimum Gasteiger partial charge on any atom is -0.424 e. The predicted octanol–water partition coefficient (Wildman–Crippen LogP) is 3.19. The Hall–Kier alpha value is -0.898. The maximum Gasteiger partial charge on any atom is 0.398 e. The summed E-state index contributed by atoms with van der Waals surface area (Å²) in [4.78, 5) is 2.28. The van der Waals surface area contributed by atoms with Crippen LogP contribution < -0.4 is 0 Å². The molecule has 0 aromatic heterocycles. The molecule has 0 unspecified atom stereocenters. The maximum atomic E-state index is 2.58. The smallest absolute Gasteiger partial charge is 0.398 e. The number of nitrogens with zero attached hydrogens (tertiary/aromatic N) is 2. The molecule has 0 aromatic rings. The molecule has 2 heterocycles. The van der Waals surface area contributed by atoms with E-state index in [9.17, 15) is 0 Å². The van der Waals surface area contributed by atoms with Crippen LogP contribution in [0, 0.1) is 0 Å². The molecule has 0 bridgehead atoms. The van der Waals surface area contributed by atoms with Gasteiger partial charge in [-0.05, 0) is 23.5 Å². The molecule has 2 rings (SSSR count). The molecule has 0 radical (unpaired) electrons. The van der Waals surface area contributed by atoms with Crippen molar-refractivity contribution in [3.8, 4) is 0 Å². The van der Waals surface area contributed by atoms with E-state index in [4.69, 9.17) is 0 Å². The molecule has 2 aliphatic heterocycles. The molecule has 0 N–H and O–H groups in total. The molecular weight excluding hydrogens is 211 g/mol.